The van der Waals surface area contributed by atoms with E-state index in [9.17, 15) is 23.4 Å². The van der Waals surface area contributed by atoms with Gasteiger partial charge in [-0.3, -0.25) is 48.6 Å². The summed E-state index contributed by atoms with van der Waals surface area (Å²) in [7, 11) is 18.0. The fourth-order valence-corrected chi connectivity index (χ4v) is 16.1. The van der Waals surface area contributed by atoms with Gasteiger partial charge in [-0.05, 0) is 154 Å². The summed E-state index contributed by atoms with van der Waals surface area (Å²) in [5.41, 5.74) is 33.6. The van der Waals surface area contributed by atoms with Crippen molar-refractivity contribution in [1.29, 1.82) is 0 Å². The molecule has 18 rings (SSSR count). The third-order valence-electron chi connectivity index (χ3n) is 23.9. The standard InChI is InChI=1S/C30H30N6O2.C29H28N6O2.C26H32N6O4.C25H27F3N6O3/c1-5-21-8-6-12-31-27(21)9-7-13-36(24-14-25(37-3)17-26(15-24)38-4)23-10-11-28-29(16-23)34-30(19-32-28)22-18-33-35(2)20-22;1-20-9-10-30-22(12-20)6-5-11-35(24-13-25(36-3)16-26(14-24)37-4)23-7-8-27-28(15-23)33-29(18-31-27)21-17-32-34(2)19-21;1-34-17-21(33)16-32(20-9-22(35-2)12-23(10-20)36-3)19-5-6-24-25(11-19)30-26(14-28-24)18-13-29-31(15-18)8-4-7-27;1-36-19-8-18(9-20(11-19)37-2)34(15-24(35)25(26,27)28)17-4-5-21-22(10-17)32-23(13-30-21)16-12-31-33(14-16)7-3-6-29/h6-12,14-20H,5,13H2,1-4H3;5-10,12-19H,11H2,1-4H3;5-6,9-15,21,33H,4,7-8,16-17,27H2,1-3H3;4-5,8-14,24,35H,3,6-7,15,29H2,1-2H3/b9-7+;6-5+;;/t;;21-;24-/m..00/s1. The number of aliphatic hydroxyl groups is 2. The molecule has 10 aromatic heterocycles. The number of alkyl halides is 3. The van der Waals surface area contributed by atoms with Crippen molar-refractivity contribution in [1.82, 2.24) is 89.0 Å². The molecular weight excluding hydrogens is 1890 g/mol. The molecule has 10 heterocycles. The number of halogens is 3. The second-order valence-electron chi connectivity index (χ2n) is 34.1. The summed E-state index contributed by atoms with van der Waals surface area (Å²) in [5, 5.41) is 37.8. The molecule has 0 aliphatic rings. The van der Waals surface area contributed by atoms with Crippen LogP contribution in [0.5, 0.6) is 46.0 Å². The summed E-state index contributed by atoms with van der Waals surface area (Å²) in [6, 6.07) is 53.1. The lowest BCUT2D eigenvalue weighted by Gasteiger charge is -2.29. The highest BCUT2D eigenvalue weighted by Crippen LogP contribution is 2.42. The largest absolute Gasteiger partial charge is 0.497 e. The van der Waals surface area contributed by atoms with Crippen LogP contribution in [0.4, 0.5) is 58.7 Å². The number of aryl methyl sites for hydroxylation is 6. The van der Waals surface area contributed by atoms with Crippen LogP contribution in [0.1, 0.15) is 42.3 Å². The van der Waals surface area contributed by atoms with Crippen molar-refractivity contribution in [2.75, 3.05) is 129 Å². The SMILES string of the molecule is CCc1cccnc1/C=C/CN(c1cc(OC)cc(OC)c1)c1ccc2ncc(-c3cnn(C)c3)nc2c1.COC[C@@H](O)CN(c1cc(OC)cc(OC)c1)c1ccc2ncc(-c3cnn(CCCN)c3)nc2c1.COc1cc(OC)cc(N(C/C=C/c2cc(C)ccn2)c2ccc3ncc(-c4cnn(C)c4)nc3c2)c1.COc1cc(OC)cc(N(C[C@H](O)C(F)(F)F)c2ccc3ncc(-c4cnn(CCCN)c4)nc3c2)c1. The molecule has 0 aliphatic heterocycles. The van der Waals surface area contributed by atoms with Crippen molar-refractivity contribution in [2.45, 2.75) is 64.6 Å². The Labute approximate surface area is 854 Å². The Morgan fingerprint density at radius 3 is 1.07 bits per heavy atom. The number of hydrogen-bond donors (Lipinski definition) is 4. The normalized spacial score (nSPS) is 11.8. The number of benzene rings is 8. The van der Waals surface area contributed by atoms with E-state index in [0.717, 1.165) is 144 Å². The van der Waals surface area contributed by atoms with Crippen LogP contribution < -0.4 is 69.0 Å². The second-order valence-corrected chi connectivity index (χ2v) is 34.1. The van der Waals surface area contributed by atoms with Gasteiger partial charge >= 0.3 is 6.18 Å². The van der Waals surface area contributed by atoms with E-state index in [1.165, 1.54) is 30.2 Å². The van der Waals surface area contributed by atoms with Gasteiger partial charge in [-0.1, -0.05) is 25.1 Å². The Morgan fingerprint density at radius 2 is 0.730 bits per heavy atom. The fraction of sp³-hybridized carbons (Fsp3) is 0.255. The molecule has 0 aliphatic carbocycles. The molecule has 0 radical (unpaired) electrons. The van der Waals surface area contributed by atoms with E-state index in [2.05, 4.69) is 121 Å². The van der Waals surface area contributed by atoms with Crippen LogP contribution in [0.3, 0.4) is 0 Å². The van der Waals surface area contributed by atoms with Crippen LogP contribution in [-0.4, -0.2) is 227 Å². The number of aromatic nitrogens is 18. The molecule has 6 N–H and O–H groups in total. The minimum absolute atomic E-state index is 0.198. The smallest absolute Gasteiger partial charge is 0.416 e. The summed E-state index contributed by atoms with van der Waals surface area (Å²) in [5.74, 6) is 4.91. The van der Waals surface area contributed by atoms with Crippen molar-refractivity contribution in [3.05, 3.63) is 291 Å². The van der Waals surface area contributed by atoms with Crippen LogP contribution >= 0.6 is 0 Å². The molecule has 8 aromatic carbocycles. The van der Waals surface area contributed by atoms with E-state index in [4.69, 9.17) is 69.1 Å². The Hall–Kier alpha value is -17.1. The fourth-order valence-electron chi connectivity index (χ4n) is 16.1. The van der Waals surface area contributed by atoms with E-state index >= 15 is 0 Å². The van der Waals surface area contributed by atoms with E-state index in [0.29, 0.717) is 107 Å². The topological polar surface area (TPSA) is 389 Å². The van der Waals surface area contributed by atoms with E-state index in [1.807, 2.05) is 170 Å². The average molecular weight is 2010 g/mol. The Bertz CT molecular complexity index is 7500. The van der Waals surface area contributed by atoms with Gasteiger partial charge in [-0.25, -0.2) is 19.9 Å². The molecule has 0 saturated carbocycles. The average Bonchev–Trinajstić information content (AvgIpc) is 1.33. The first-order chi connectivity index (χ1) is 71.8. The number of anilines is 8. The van der Waals surface area contributed by atoms with Crippen molar-refractivity contribution in [3.63, 3.8) is 0 Å². The maximum absolute atomic E-state index is 13.3. The first-order valence-corrected chi connectivity index (χ1v) is 47.5. The van der Waals surface area contributed by atoms with Crippen LogP contribution in [0.15, 0.2) is 269 Å². The van der Waals surface area contributed by atoms with Gasteiger partial charge < -0.3 is 83.9 Å². The van der Waals surface area contributed by atoms with Crippen molar-refractivity contribution in [3.8, 4) is 91.0 Å². The number of pyridine rings is 2. The number of nitrogens with zero attached hydrogens (tertiary/aromatic N) is 22. The van der Waals surface area contributed by atoms with Crippen molar-refractivity contribution < 1.29 is 66.0 Å². The zero-order valence-corrected chi connectivity index (χ0v) is 84.4. The number of ether oxygens (including phenoxy) is 9. The number of methoxy groups -OCH3 is 9. The number of nitrogens with two attached hydrogens (primary N) is 2. The predicted octanol–water partition coefficient (Wildman–Crippen LogP) is 18.4. The molecule has 18 aromatic rings. The summed E-state index contributed by atoms with van der Waals surface area (Å²) in [4.78, 5) is 54.3. The first-order valence-electron chi connectivity index (χ1n) is 47.5. The molecule has 148 heavy (non-hydrogen) atoms. The Kier molecular flexibility index (Phi) is 35.5. The molecule has 0 unspecified atom stereocenters. The van der Waals surface area contributed by atoms with Crippen LogP contribution in [0, 0.1) is 6.92 Å². The van der Waals surface area contributed by atoms with Crippen molar-refractivity contribution >= 4 is 102 Å². The summed E-state index contributed by atoms with van der Waals surface area (Å²) >= 11 is 0. The Morgan fingerprint density at radius 1 is 0.378 bits per heavy atom. The van der Waals surface area contributed by atoms with Crippen LogP contribution in [-0.2, 0) is 38.3 Å². The van der Waals surface area contributed by atoms with Gasteiger partial charge in [-0.15, -0.1) is 0 Å². The molecule has 38 heteroatoms. The van der Waals surface area contributed by atoms with Gasteiger partial charge in [-0.2, -0.15) is 33.6 Å². The third-order valence-corrected chi connectivity index (χ3v) is 23.9. The Balaban J connectivity index is 0.000000148. The minimum atomic E-state index is -4.81. The highest BCUT2D eigenvalue weighted by molar-refractivity contribution is 5.88. The molecule has 35 nitrogen and oxygen atoms in total. The predicted molar refractivity (Wildman–Crippen MR) is 569 cm³/mol. The number of aliphatic hydroxyl groups excluding tert-OH is 2. The summed E-state index contributed by atoms with van der Waals surface area (Å²) < 4.78 is 96.0. The number of rotatable bonds is 39. The lowest BCUT2D eigenvalue weighted by Crippen LogP contribution is -2.39. The zero-order valence-electron chi connectivity index (χ0n) is 84.4. The maximum atomic E-state index is 13.3. The third kappa shape index (κ3) is 27.1. The summed E-state index contributed by atoms with van der Waals surface area (Å²) in [6.07, 6.45) is 28.0. The molecule has 0 amide bonds. The molecular formula is C110H117F3N24O11. The van der Waals surface area contributed by atoms with Gasteiger partial charge in [0.1, 0.15) is 46.0 Å². The number of hydrogen-bond acceptors (Lipinski definition) is 31. The first kappa shape index (κ1) is 105. The van der Waals surface area contributed by atoms with E-state index in [1.54, 1.807) is 156 Å². The van der Waals surface area contributed by atoms with Gasteiger partial charge in [0.2, 0.25) is 0 Å². The van der Waals surface area contributed by atoms with Gasteiger partial charge in [0.05, 0.1) is 211 Å². The molecule has 0 bridgehead atoms. The lowest BCUT2D eigenvalue weighted by atomic mass is 10.1. The molecule has 0 spiro atoms. The molecule has 2 atom stereocenters. The van der Waals surface area contributed by atoms with E-state index < -0.39 is 24.9 Å². The second kappa shape index (κ2) is 50.0. The highest BCUT2D eigenvalue weighted by Gasteiger charge is 2.40. The molecule has 0 saturated heterocycles. The molecule has 764 valence electrons. The van der Waals surface area contributed by atoms with E-state index in [-0.39, 0.29) is 13.2 Å². The maximum Gasteiger partial charge on any atom is 0.416 e. The zero-order chi connectivity index (χ0) is 104. The van der Waals surface area contributed by atoms with Gasteiger partial charge in [0.15, 0.2) is 6.10 Å². The highest BCUT2D eigenvalue weighted by atomic mass is 19.4. The summed E-state index contributed by atoms with van der Waals surface area (Å²) in [6.45, 7) is 7.70. The van der Waals surface area contributed by atoms with Crippen LogP contribution in [0.2, 0.25) is 0 Å². The van der Waals surface area contributed by atoms with Crippen molar-refractivity contribution in [2.24, 2.45) is 25.6 Å². The quantitative estimate of drug-likeness (QED) is 0.0278. The van der Waals surface area contributed by atoms with Gasteiger partial charge in [0.25, 0.3) is 0 Å². The molecule has 0 fully saturated rings. The van der Waals surface area contributed by atoms with Crippen LogP contribution in [0.25, 0.3) is 101 Å². The monoisotopic (exact) mass is 2010 g/mol. The van der Waals surface area contributed by atoms with Gasteiger partial charge in [0, 0.05) is 225 Å². The minimum Gasteiger partial charge on any atom is -0.497 e. The lowest BCUT2D eigenvalue weighted by molar-refractivity contribution is -0.199. The number of fused-ring (bicyclic) bond motifs is 4.